The van der Waals surface area contributed by atoms with Crippen LogP contribution in [0.5, 0.6) is 0 Å². The van der Waals surface area contributed by atoms with Crippen LogP contribution in [0.25, 0.3) is 0 Å². The smallest absolute Gasteiger partial charge is 0.156 e. The molecule has 0 heterocycles. The highest BCUT2D eigenvalue weighted by Gasteiger charge is 2.18. The topological polar surface area (TPSA) is 60.2 Å². The maximum atomic E-state index is 12.2. The van der Waals surface area contributed by atoms with Crippen molar-refractivity contribution in [2.24, 2.45) is 5.73 Å². The average molecular weight is 324 g/mol. The summed E-state index contributed by atoms with van der Waals surface area (Å²) < 4.78 is 24.4. The lowest BCUT2D eigenvalue weighted by Gasteiger charge is -2.13. The van der Waals surface area contributed by atoms with Gasteiger partial charge in [-0.2, -0.15) is 0 Å². The maximum Gasteiger partial charge on any atom is 0.156 e. The number of halogens is 1. The van der Waals surface area contributed by atoms with E-state index in [2.05, 4.69) is 0 Å². The summed E-state index contributed by atoms with van der Waals surface area (Å²) in [6.45, 7) is 1.98. The molecule has 2 N–H and O–H groups in total. The summed E-state index contributed by atoms with van der Waals surface area (Å²) in [5.74, 6) is -0.0948. The van der Waals surface area contributed by atoms with Gasteiger partial charge >= 0.3 is 0 Å². The highest BCUT2D eigenvalue weighted by atomic mass is 35.5. The Morgan fingerprint density at radius 2 is 1.62 bits per heavy atom. The highest BCUT2D eigenvalue weighted by molar-refractivity contribution is 7.90. The fourth-order valence-electron chi connectivity index (χ4n) is 2.08. The van der Waals surface area contributed by atoms with Crippen LogP contribution in [0.1, 0.15) is 22.7 Å². The second-order valence-electron chi connectivity index (χ2n) is 5.20. The van der Waals surface area contributed by atoms with Gasteiger partial charge < -0.3 is 5.73 Å². The first-order valence-corrected chi connectivity index (χ1v) is 8.83. The molecule has 1 atom stereocenters. The number of benzene rings is 2. The van der Waals surface area contributed by atoms with Gasteiger partial charge in [0.05, 0.1) is 11.5 Å². The van der Waals surface area contributed by atoms with Crippen molar-refractivity contribution in [1.82, 2.24) is 0 Å². The molecule has 0 amide bonds. The summed E-state index contributed by atoms with van der Waals surface area (Å²) in [5.41, 5.74) is 8.68. The molecule has 2 aromatic carbocycles. The molecule has 0 saturated carbocycles. The molecule has 2 aromatic rings. The number of rotatable bonds is 5. The zero-order valence-corrected chi connectivity index (χ0v) is 13.4. The van der Waals surface area contributed by atoms with Crippen molar-refractivity contribution in [1.29, 1.82) is 0 Å². The van der Waals surface area contributed by atoms with E-state index in [1.54, 1.807) is 24.3 Å². The molecular weight excluding hydrogens is 306 g/mol. The zero-order valence-electron chi connectivity index (χ0n) is 11.8. The predicted octanol–water partition coefficient (Wildman–Crippen LogP) is 3.26. The van der Waals surface area contributed by atoms with Crippen molar-refractivity contribution < 1.29 is 8.42 Å². The van der Waals surface area contributed by atoms with Crippen LogP contribution < -0.4 is 5.73 Å². The van der Waals surface area contributed by atoms with Crippen LogP contribution in [0.3, 0.4) is 0 Å². The van der Waals surface area contributed by atoms with Crippen molar-refractivity contribution in [3.63, 3.8) is 0 Å². The quantitative estimate of drug-likeness (QED) is 0.918. The number of nitrogens with two attached hydrogens (primary N) is 1. The Labute approximate surface area is 130 Å². The molecule has 0 aliphatic carbocycles. The first-order chi connectivity index (χ1) is 9.85. The van der Waals surface area contributed by atoms with E-state index in [4.69, 9.17) is 17.3 Å². The Morgan fingerprint density at radius 1 is 1.05 bits per heavy atom. The number of aryl methyl sites for hydroxylation is 1. The second kappa shape index (κ2) is 6.60. The number of hydrogen-bond donors (Lipinski definition) is 1. The Balaban J connectivity index is 2.06. The van der Waals surface area contributed by atoms with Crippen LogP contribution >= 0.6 is 11.6 Å². The summed E-state index contributed by atoms with van der Waals surface area (Å²) in [5, 5.41) is 0.590. The normalized spacial score (nSPS) is 13.1. The fourth-order valence-corrected chi connectivity index (χ4v) is 3.76. The molecule has 0 aliphatic rings. The van der Waals surface area contributed by atoms with Gasteiger partial charge in [-0.15, -0.1) is 0 Å². The van der Waals surface area contributed by atoms with Crippen LogP contribution in [-0.2, 0) is 15.6 Å². The number of hydrogen-bond acceptors (Lipinski definition) is 3. The van der Waals surface area contributed by atoms with Crippen molar-refractivity contribution in [3.05, 3.63) is 70.2 Å². The highest BCUT2D eigenvalue weighted by Crippen LogP contribution is 2.17. The van der Waals surface area contributed by atoms with Gasteiger partial charge in [-0.1, -0.05) is 53.6 Å². The molecule has 0 fully saturated rings. The predicted molar refractivity (Wildman–Crippen MR) is 87.1 cm³/mol. The monoisotopic (exact) mass is 323 g/mol. The minimum atomic E-state index is -3.27. The van der Waals surface area contributed by atoms with Crippen molar-refractivity contribution in [2.45, 2.75) is 18.7 Å². The molecule has 0 aliphatic heterocycles. The fraction of sp³-hybridized carbons (Fsp3) is 0.250. The Hall–Kier alpha value is -1.36. The first kappa shape index (κ1) is 16.0. The maximum absolute atomic E-state index is 12.2. The van der Waals surface area contributed by atoms with Gasteiger partial charge in [0.25, 0.3) is 0 Å². The molecule has 0 aromatic heterocycles. The van der Waals surface area contributed by atoms with E-state index in [-0.39, 0.29) is 11.5 Å². The number of sulfone groups is 1. The van der Waals surface area contributed by atoms with Gasteiger partial charge in [0, 0.05) is 11.1 Å². The summed E-state index contributed by atoms with van der Waals surface area (Å²) in [7, 11) is -3.27. The van der Waals surface area contributed by atoms with Gasteiger partial charge in [-0.25, -0.2) is 8.42 Å². The summed E-state index contributed by atoms with van der Waals surface area (Å²) in [6.07, 6.45) is 0. The van der Waals surface area contributed by atoms with Gasteiger partial charge in [-0.3, -0.25) is 0 Å². The Morgan fingerprint density at radius 3 is 2.19 bits per heavy atom. The van der Waals surface area contributed by atoms with Gasteiger partial charge in [0.2, 0.25) is 0 Å². The average Bonchev–Trinajstić information content (AvgIpc) is 2.41. The van der Waals surface area contributed by atoms with E-state index >= 15 is 0 Å². The molecule has 21 heavy (non-hydrogen) atoms. The van der Waals surface area contributed by atoms with E-state index in [0.717, 1.165) is 16.7 Å². The third-order valence-electron chi connectivity index (χ3n) is 3.24. The van der Waals surface area contributed by atoms with Crippen LogP contribution in [0.4, 0.5) is 0 Å². The SMILES string of the molecule is Cc1ccc(C(N)CS(=O)(=O)Cc2ccc(Cl)cc2)cc1. The lowest BCUT2D eigenvalue weighted by molar-refractivity contribution is 0.588. The molecule has 0 saturated heterocycles. The van der Waals surface area contributed by atoms with Crippen molar-refractivity contribution in [3.8, 4) is 0 Å². The standard InChI is InChI=1S/C16H18ClNO2S/c1-12-2-6-14(7-3-12)16(18)11-21(19,20)10-13-4-8-15(17)9-5-13/h2-9,16H,10-11,18H2,1H3. The van der Waals surface area contributed by atoms with Crippen molar-refractivity contribution in [2.75, 3.05) is 5.75 Å². The van der Waals surface area contributed by atoms with E-state index < -0.39 is 15.9 Å². The van der Waals surface area contributed by atoms with E-state index in [1.807, 2.05) is 31.2 Å². The lowest BCUT2D eigenvalue weighted by atomic mass is 10.1. The lowest BCUT2D eigenvalue weighted by Crippen LogP contribution is -2.22. The summed E-state index contributed by atoms with van der Waals surface area (Å²) in [6, 6.07) is 13.9. The molecule has 3 nitrogen and oxygen atoms in total. The van der Waals surface area contributed by atoms with Crippen LogP contribution in [0.15, 0.2) is 48.5 Å². The van der Waals surface area contributed by atoms with E-state index in [9.17, 15) is 8.42 Å². The minimum absolute atomic E-state index is 0.0241. The zero-order chi connectivity index (χ0) is 15.5. The van der Waals surface area contributed by atoms with Gasteiger partial charge in [0.1, 0.15) is 0 Å². The third-order valence-corrected chi connectivity index (χ3v) is 5.13. The van der Waals surface area contributed by atoms with Crippen LogP contribution in [0, 0.1) is 6.92 Å². The molecule has 112 valence electrons. The van der Waals surface area contributed by atoms with Crippen LogP contribution in [-0.4, -0.2) is 14.2 Å². The Bertz CT molecular complexity index is 694. The molecule has 1 unspecified atom stereocenters. The molecule has 0 bridgehead atoms. The third kappa shape index (κ3) is 4.84. The molecule has 0 spiro atoms. The van der Waals surface area contributed by atoms with Crippen LogP contribution in [0.2, 0.25) is 5.02 Å². The van der Waals surface area contributed by atoms with E-state index in [0.29, 0.717) is 5.02 Å². The van der Waals surface area contributed by atoms with Gasteiger partial charge in [-0.05, 0) is 30.2 Å². The molecular formula is C16H18ClNO2S. The van der Waals surface area contributed by atoms with Gasteiger partial charge in [0.15, 0.2) is 9.84 Å². The summed E-state index contributed by atoms with van der Waals surface area (Å²) in [4.78, 5) is 0. The summed E-state index contributed by atoms with van der Waals surface area (Å²) >= 11 is 5.79. The minimum Gasteiger partial charge on any atom is -0.323 e. The Kier molecular flexibility index (Phi) is 5.04. The van der Waals surface area contributed by atoms with E-state index in [1.165, 1.54) is 0 Å². The first-order valence-electron chi connectivity index (χ1n) is 6.63. The molecule has 2 rings (SSSR count). The largest absolute Gasteiger partial charge is 0.323 e. The second-order valence-corrected chi connectivity index (χ2v) is 7.74. The van der Waals surface area contributed by atoms with Crippen molar-refractivity contribution >= 4 is 21.4 Å². The molecule has 5 heteroatoms. The molecule has 0 radical (unpaired) electrons.